The van der Waals surface area contributed by atoms with Crippen LogP contribution in [0.15, 0.2) is 24.3 Å². The van der Waals surface area contributed by atoms with Gasteiger partial charge in [-0.2, -0.15) is 0 Å². The SMILES string of the molecule is CCCC(C)(CCC(C)C)c1ccc(C)cc1. The van der Waals surface area contributed by atoms with Gasteiger partial charge in [0.05, 0.1) is 0 Å². The molecule has 17 heavy (non-hydrogen) atoms. The third kappa shape index (κ3) is 4.18. The number of aryl methyl sites for hydroxylation is 1. The fraction of sp³-hybridized carbons (Fsp3) is 0.647. The van der Waals surface area contributed by atoms with Crippen LogP contribution in [0.2, 0.25) is 0 Å². The van der Waals surface area contributed by atoms with Gasteiger partial charge in [0.15, 0.2) is 0 Å². The second-order valence-corrected chi connectivity index (χ2v) is 6.11. The lowest BCUT2D eigenvalue weighted by Gasteiger charge is -2.31. The molecule has 96 valence electrons. The molecule has 0 spiro atoms. The maximum atomic E-state index is 2.43. The van der Waals surface area contributed by atoms with E-state index in [0.29, 0.717) is 5.41 Å². The van der Waals surface area contributed by atoms with Gasteiger partial charge in [0.2, 0.25) is 0 Å². The molecule has 1 unspecified atom stereocenters. The third-order valence-corrected chi connectivity index (χ3v) is 3.82. The molecule has 1 aromatic rings. The van der Waals surface area contributed by atoms with E-state index in [1.54, 1.807) is 0 Å². The monoisotopic (exact) mass is 232 g/mol. The molecule has 0 saturated carbocycles. The van der Waals surface area contributed by atoms with Gasteiger partial charge >= 0.3 is 0 Å². The quantitative estimate of drug-likeness (QED) is 0.608. The minimum absolute atomic E-state index is 0.368. The second-order valence-electron chi connectivity index (χ2n) is 6.11. The molecule has 0 N–H and O–H groups in total. The fourth-order valence-corrected chi connectivity index (χ4v) is 2.53. The molecule has 0 heterocycles. The molecule has 1 rings (SSSR count). The van der Waals surface area contributed by atoms with Gasteiger partial charge < -0.3 is 0 Å². The van der Waals surface area contributed by atoms with Crippen molar-refractivity contribution >= 4 is 0 Å². The second kappa shape index (κ2) is 6.23. The van der Waals surface area contributed by atoms with E-state index >= 15 is 0 Å². The largest absolute Gasteiger partial charge is 0.0654 e. The average molecular weight is 232 g/mol. The Morgan fingerprint density at radius 3 is 2.12 bits per heavy atom. The standard InChI is InChI=1S/C17H28/c1-6-12-17(5,13-11-14(2)3)16-9-7-15(4)8-10-16/h7-10,14H,6,11-13H2,1-5H3. The van der Waals surface area contributed by atoms with Crippen LogP contribution in [0.3, 0.4) is 0 Å². The lowest BCUT2D eigenvalue weighted by Crippen LogP contribution is -2.22. The van der Waals surface area contributed by atoms with Crippen molar-refractivity contribution in [1.29, 1.82) is 0 Å². The lowest BCUT2D eigenvalue weighted by atomic mass is 9.74. The van der Waals surface area contributed by atoms with Crippen LogP contribution in [0.25, 0.3) is 0 Å². The summed E-state index contributed by atoms with van der Waals surface area (Å²) in [6.07, 6.45) is 5.19. The molecule has 0 aliphatic heterocycles. The molecule has 0 bridgehead atoms. The Bertz CT molecular complexity index is 320. The van der Waals surface area contributed by atoms with Crippen LogP contribution in [-0.4, -0.2) is 0 Å². The normalized spacial score (nSPS) is 14.9. The van der Waals surface area contributed by atoms with Crippen molar-refractivity contribution in [3.05, 3.63) is 35.4 Å². The van der Waals surface area contributed by atoms with Crippen molar-refractivity contribution in [2.45, 2.75) is 65.7 Å². The summed E-state index contributed by atoms with van der Waals surface area (Å²) in [7, 11) is 0. The third-order valence-electron chi connectivity index (χ3n) is 3.82. The van der Waals surface area contributed by atoms with Crippen LogP contribution in [0.1, 0.15) is 64.5 Å². The maximum absolute atomic E-state index is 2.43. The summed E-state index contributed by atoms with van der Waals surface area (Å²) in [5, 5.41) is 0. The van der Waals surface area contributed by atoms with E-state index in [-0.39, 0.29) is 0 Å². The van der Waals surface area contributed by atoms with Crippen molar-refractivity contribution in [2.24, 2.45) is 5.92 Å². The number of benzene rings is 1. The summed E-state index contributed by atoms with van der Waals surface area (Å²) in [5.74, 6) is 0.802. The van der Waals surface area contributed by atoms with E-state index in [1.165, 1.54) is 36.8 Å². The first-order chi connectivity index (χ1) is 7.98. The molecule has 0 amide bonds. The molecule has 0 nitrogen and oxygen atoms in total. The van der Waals surface area contributed by atoms with Gasteiger partial charge in [-0.05, 0) is 36.7 Å². The smallest absolute Gasteiger partial charge is 0.00753 e. The Kier molecular flexibility index (Phi) is 5.24. The van der Waals surface area contributed by atoms with Gasteiger partial charge in [0, 0.05) is 0 Å². The summed E-state index contributed by atoms with van der Waals surface area (Å²) >= 11 is 0. The first kappa shape index (κ1) is 14.3. The minimum atomic E-state index is 0.368. The number of hydrogen-bond donors (Lipinski definition) is 0. The van der Waals surface area contributed by atoms with Gasteiger partial charge in [0.1, 0.15) is 0 Å². The van der Waals surface area contributed by atoms with Crippen molar-refractivity contribution in [1.82, 2.24) is 0 Å². The van der Waals surface area contributed by atoms with E-state index in [0.717, 1.165) is 5.92 Å². The highest BCUT2D eigenvalue weighted by atomic mass is 14.3. The summed E-state index contributed by atoms with van der Waals surface area (Å²) in [6, 6.07) is 9.15. The average Bonchev–Trinajstić information content (AvgIpc) is 2.28. The Morgan fingerprint density at radius 1 is 1.06 bits per heavy atom. The van der Waals surface area contributed by atoms with Crippen molar-refractivity contribution in [3.63, 3.8) is 0 Å². The fourth-order valence-electron chi connectivity index (χ4n) is 2.53. The highest BCUT2D eigenvalue weighted by Gasteiger charge is 2.25. The van der Waals surface area contributed by atoms with Gasteiger partial charge in [-0.15, -0.1) is 0 Å². The summed E-state index contributed by atoms with van der Waals surface area (Å²) in [4.78, 5) is 0. The predicted molar refractivity (Wildman–Crippen MR) is 77.5 cm³/mol. The van der Waals surface area contributed by atoms with E-state index in [9.17, 15) is 0 Å². The summed E-state index contributed by atoms with van der Waals surface area (Å²) in [5.41, 5.74) is 3.24. The Balaban J connectivity index is 2.85. The summed E-state index contributed by atoms with van der Waals surface area (Å²) in [6.45, 7) is 11.5. The van der Waals surface area contributed by atoms with E-state index in [2.05, 4.69) is 58.9 Å². The van der Waals surface area contributed by atoms with E-state index < -0.39 is 0 Å². The zero-order valence-corrected chi connectivity index (χ0v) is 12.2. The topological polar surface area (TPSA) is 0 Å². The highest BCUT2D eigenvalue weighted by molar-refractivity contribution is 5.28. The van der Waals surface area contributed by atoms with Crippen LogP contribution in [-0.2, 0) is 5.41 Å². The molecular weight excluding hydrogens is 204 g/mol. The van der Waals surface area contributed by atoms with Crippen LogP contribution in [0.5, 0.6) is 0 Å². The number of hydrogen-bond acceptors (Lipinski definition) is 0. The molecule has 0 radical (unpaired) electrons. The molecule has 0 aromatic heterocycles. The Morgan fingerprint density at radius 2 is 1.65 bits per heavy atom. The van der Waals surface area contributed by atoms with Crippen molar-refractivity contribution in [2.75, 3.05) is 0 Å². The molecule has 0 aliphatic carbocycles. The molecule has 0 fully saturated rings. The van der Waals surface area contributed by atoms with Gasteiger partial charge in [-0.1, -0.05) is 70.4 Å². The van der Waals surface area contributed by atoms with E-state index in [4.69, 9.17) is 0 Å². The zero-order chi connectivity index (χ0) is 12.9. The molecule has 1 aromatic carbocycles. The molecule has 0 aliphatic rings. The Hall–Kier alpha value is -0.780. The van der Waals surface area contributed by atoms with Gasteiger partial charge in [0.25, 0.3) is 0 Å². The van der Waals surface area contributed by atoms with Crippen LogP contribution in [0.4, 0.5) is 0 Å². The first-order valence-corrected chi connectivity index (χ1v) is 7.05. The summed E-state index contributed by atoms with van der Waals surface area (Å²) < 4.78 is 0. The predicted octanol–water partition coefficient (Wildman–Crippen LogP) is 5.49. The zero-order valence-electron chi connectivity index (χ0n) is 12.2. The van der Waals surface area contributed by atoms with Gasteiger partial charge in [-0.3, -0.25) is 0 Å². The Labute approximate surface area is 107 Å². The van der Waals surface area contributed by atoms with Crippen LogP contribution >= 0.6 is 0 Å². The van der Waals surface area contributed by atoms with Crippen molar-refractivity contribution < 1.29 is 0 Å². The van der Waals surface area contributed by atoms with Gasteiger partial charge in [-0.25, -0.2) is 0 Å². The maximum Gasteiger partial charge on any atom is -0.00753 e. The van der Waals surface area contributed by atoms with Crippen LogP contribution < -0.4 is 0 Å². The van der Waals surface area contributed by atoms with E-state index in [1.807, 2.05) is 0 Å². The first-order valence-electron chi connectivity index (χ1n) is 7.05. The highest BCUT2D eigenvalue weighted by Crippen LogP contribution is 2.35. The lowest BCUT2D eigenvalue weighted by molar-refractivity contribution is 0.357. The van der Waals surface area contributed by atoms with Crippen molar-refractivity contribution in [3.8, 4) is 0 Å². The van der Waals surface area contributed by atoms with Crippen LogP contribution in [0, 0.1) is 12.8 Å². The molecule has 0 heteroatoms. The minimum Gasteiger partial charge on any atom is -0.0654 e. The molecule has 1 atom stereocenters. The molecule has 0 saturated heterocycles. The number of rotatable bonds is 6. The molecular formula is C17H28.